The Kier molecular flexibility index (Phi) is 5.67. The van der Waals surface area contributed by atoms with Crippen LogP contribution < -0.4 is 10.2 Å². The molecule has 5 rings (SSSR count). The topological polar surface area (TPSA) is 58.1 Å². The maximum Gasteiger partial charge on any atom is 0.242 e. The van der Waals surface area contributed by atoms with E-state index in [1.807, 2.05) is 66.4 Å². The number of hydrogen-bond donors (Lipinski definition) is 1. The predicted molar refractivity (Wildman–Crippen MR) is 129 cm³/mol. The van der Waals surface area contributed by atoms with E-state index in [1.54, 1.807) is 11.8 Å². The van der Waals surface area contributed by atoms with Gasteiger partial charge in [0, 0.05) is 15.5 Å². The fraction of sp³-hybridized carbons (Fsp3) is 0.0870. The van der Waals surface area contributed by atoms with E-state index in [2.05, 4.69) is 33.7 Å². The molecule has 154 valence electrons. The number of hydrogen-bond acceptors (Lipinski definition) is 7. The van der Waals surface area contributed by atoms with E-state index in [0.29, 0.717) is 5.13 Å². The van der Waals surface area contributed by atoms with Crippen molar-refractivity contribution < 1.29 is 4.79 Å². The molecular formula is C23H18N4OS3. The van der Waals surface area contributed by atoms with Crippen LogP contribution in [0.15, 0.2) is 86.9 Å². The number of amides is 1. The zero-order valence-corrected chi connectivity index (χ0v) is 19.1. The molecule has 1 aromatic heterocycles. The number of nitrogens with one attached hydrogen (secondary N) is 1. The summed E-state index contributed by atoms with van der Waals surface area (Å²) in [6.45, 7) is 2.05. The lowest BCUT2D eigenvalue weighted by Gasteiger charge is -2.30. The van der Waals surface area contributed by atoms with Crippen LogP contribution in [0.4, 0.5) is 22.2 Å². The number of aromatic nitrogens is 2. The average molecular weight is 463 g/mol. The van der Waals surface area contributed by atoms with Gasteiger partial charge < -0.3 is 5.32 Å². The van der Waals surface area contributed by atoms with Crippen molar-refractivity contribution >= 4 is 63.0 Å². The molecule has 1 aliphatic rings. The number of anilines is 4. The third kappa shape index (κ3) is 4.32. The van der Waals surface area contributed by atoms with Crippen molar-refractivity contribution in [3.8, 4) is 0 Å². The standard InChI is InChI=1S/C23H18N4OS3/c1-15-7-6-8-16(13-15)24-22-25-26-23(31-22)29-14-21(28)27-17-9-2-4-11-19(17)30-20-12-5-3-10-18(20)27/h2-13H,14H2,1H3,(H,24,25). The van der Waals surface area contributed by atoms with Crippen molar-refractivity contribution in [1.82, 2.24) is 10.2 Å². The van der Waals surface area contributed by atoms with E-state index >= 15 is 0 Å². The Labute approximate surface area is 192 Å². The van der Waals surface area contributed by atoms with Crippen LogP contribution >= 0.6 is 34.9 Å². The molecule has 4 aromatic rings. The number of thioether (sulfide) groups is 1. The fourth-order valence-corrected chi connectivity index (χ4v) is 6.01. The van der Waals surface area contributed by atoms with Gasteiger partial charge in [0.05, 0.1) is 17.1 Å². The van der Waals surface area contributed by atoms with Crippen LogP contribution in [-0.2, 0) is 4.79 Å². The van der Waals surface area contributed by atoms with Gasteiger partial charge in [0.15, 0.2) is 4.34 Å². The molecule has 0 aliphatic carbocycles. The van der Waals surface area contributed by atoms with Crippen molar-refractivity contribution in [3.05, 3.63) is 78.4 Å². The first-order valence-corrected chi connectivity index (χ1v) is 12.3. The monoisotopic (exact) mass is 462 g/mol. The lowest BCUT2D eigenvalue weighted by atomic mass is 10.2. The molecule has 0 spiro atoms. The van der Waals surface area contributed by atoms with E-state index in [4.69, 9.17) is 0 Å². The summed E-state index contributed by atoms with van der Waals surface area (Å²) in [5.41, 5.74) is 4.00. The van der Waals surface area contributed by atoms with Gasteiger partial charge in [-0.05, 0) is 48.9 Å². The summed E-state index contributed by atoms with van der Waals surface area (Å²) in [5.74, 6) is 0.306. The van der Waals surface area contributed by atoms with Gasteiger partial charge in [-0.1, -0.05) is 71.3 Å². The Morgan fingerprint density at radius 2 is 1.68 bits per heavy atom. The van der Waals surface area contributed by atoms with E-state index in [1.165, 1.54) is 28.7 Å². The van der Waals surface area contributed by atoms with Crippen molar-refractivity contribution in [1.29, 1.82) is 0 Å². The highest BCUT2D eigenvalue weighted by Gasteiger charge is 2.27. The summed E-state index contributed by atoms with van der Waals surface area (Å²) in [7, 11) is 0. The van der Waals surface area contributed by atoms with Crippen molar-refractivity contribution in [2.24, 2.45) is 0 Å². The van der Waals surface area contributed by atoms with Gasteiger partial charge in [0.25, 0.3) is 0 Å². The molecule has 1 amide bonds. The summed E-state index contributed by atoms with van der Waals surface area (Å²) in [5, 5.41) is 12.4. The summed E-state index contributed by atoms with van der Waals surface area (Å²) in [6.07, 6.45) is 0. The van der Waals surface area contributed by atoms with Crippen LogP contribution in [0.1, 0.15) is 5.56 Å². The van der Waals surface area contributed by atoms with Gasteiger partial charge in [-0.15, -0.1) is 10.2 Å². The number of carbonyl (C=O) groups is 1. The fourth-order valence-electron chi connectivity index (χ4n) is 3.33. The first-order chi connectivity index (χ1) is 15.2. The minimum absolute atomic E-state index is 0.0218. The Balaban J connectivity index is 1.31. The molecule has 0 fully saturated rings. The zero-order valence-electron chi connectivity index (χ0n) is 16.6. The number of benzene rings is 3. The highest BCUT2D eigenvalue weighted by Crippen LogP contribution is 2.48. The molecule has 0 radical (unpaired) electrons. The van der Waals surface area contributed by atoms with E-state index in [0.717, 1.165) is 31.2 Å². The Morgan fingerprint density at radius 3 is 2.39 bits per heavy atom. The molecule has 0 unspecified atom stereocenters. The molecule has 8 heteroatoms. The smallest absolute Gasteiger partial charge is 0.242 e. The van der Waals surface area contributed by atoms with Gasteiger partial charge in [0.2, 0.25) is 11.0 Å². The zero-order chi connectivity index (χ0) is 21.2. The van der Waals surface area contributed by atoms with E-state index < -0.39 is 0 Å². The molecular weight excluding hydrogens is 444 g/mol. The Hall–Kier alpha value is -2.81. The number of carbonyl (C=O) groups excluding carboxylic acids is 1. The summed E-state index contributed by atoms with van der Waals surface area (Å²) >= 11 is 4.56. The van der Waals surface area contributed by atoms with Crippen LogP contribution in [0.3, 0.4) is 0 Å². The highest BCUT2D eigenvalue weighted by molar-refractivity contribution is 8.01. The van der Waals surface area contributed by atoms with Crippen molar-refractivity contribution in [2.45, 2.75) is 21.1 Å². The highest BCUT2D eigenvalue weighted by atomic mass is 32.2. The molecule has 0 atom stereocenters. The minimum Gasteiger partial charge on any atom is -0.330 e. The molecule has 5 nitrogen and oxygen atoms in total. The van der Waals surface area contributed by atoms with Crippen LogP contribution in [-0.4, -0.2) is 21.9 Å². The van der Waals surface area contributed by atoms with Gasteiger partial charge in [-0.3, -0.25) is 9.69 Å². The lowest BCUT2D eigenvalue weighted by Crippen LogP contribution is -2.29. The van der Waals surface area contributed by atoms with Crippen LogP contribution in [0.25, 0.3) is 0 Å². The maximum absolute atomic E-state index is 13.3. The van der Waals surface area contributed by atoms with Crippen molar-refractivity contribution in [3.63, 3.8) is 0 Å². The quantitative estimate of drug-likeness (QED) is 0.341. The second kappa shape index (κ2) is 8.74. The molecule has 31 heavy (non-hydrogen) atoms. The molecule has 3 aromatic carbocycles. The summed E-state index contributed by atoms with van der Waals surface area (Å²) in [4.78, 5) is 17.3. The third-order valence-electron chi connectivity index (χ3n) is 4.68. The SMILES string of the molecule is Cc1cccc(Nc2nnc(SCC(=O)N3c4ccccc4Sc4ccccc43)s2)c1. The number of rotatable bonds is 5. The molecule has 0 saturated carbocycles. The lowest BCUT2D eigenvalue weighted by molar-refractivity contribution is -0.115. The van der Waals surface area contributed by atoms with Crippen LogP contribution in [0, 0.1) is 6.92 Å². The second-order valence-electron chi connectivity index (χ2n) is 6.92. The Bertz CT molecular complexity index is 1210. The van der Waals surface area contributed by atoms with Crippen LogP contribution in [0.5, 0.6) is 0 Å². The number of para-hydroxylation sites is 2. The third-order valence-corrected chi connectivity index (χ3v) is 7.76. The van der Waals surface area contributed by atoms with E-state index in [9.17, 15) is 4.79 Å². The van der Waals surface area contributed by atoms with Gasteiger partial charge in [-0.25, -0.2) is 0 Å². The van der Waals surface area contributed by atoms with Crippen molar-refractivity contribution in [2.75, 3.05) is 16.0 Å². The predicted octanol–water partition coefficient (Wildman–Crippen LogP) is 6.51. The first kappa shape index (κ1) is 20.1. The summed E-state index contributed by atoms with van der Waals surface area (Å²) < 4.78 is 0.761. The van der Waals surface area contributed by atoms with Gasteiger partial charge in [0.1, 0.15) is 0 Å². The molecule has 0 bridgehead atoms. The van der Waals surface area contributed by atoms with Gasteiger partial charge >= 0.3 is 0 Å². The van der Waals surface area contributed by atoms with Crippen LogP contribution in [0.2, 0.25) is 0 Å². The first-order valence-electron chi connectivity index (χ1n) is 9.66. The average Bonchev–Trinajstić information content (AvgIpc) is 3.23. The van der Waals surface area contributed by atoms with E-state index in [-0.39, 0.29) is 11.7 Å². The molecule has 0 saturated heterocycles. The summed E-state index contributed by atoms with van der Waals surface area (Å²) in [6, 6.07) is 24.1. The molecule has 2 heterocycles. The second-order valence-corrected chi connectivity index (χ2v) is 10.2. The molecule has 1 N–H and O–H groups in total. The minimum atomic E-state index is 0.0218. The number of aryl methyl sites for hydroxylation is 1. The van der Waals surface area contributed by atoms with Gasteiger partial charge in [-0.2, -0.15) is 0 Å². The number of fused-ring (bicyclic) bond motifs is 2. The number of nitrogens with zero attached hydrogens (tertiary/aromatic N) is 3. The normalized spacial score (nSPS) is 12.2. The molecule has 1 aliphatic heterocycles. The largest absolute Gasteiger partial charge is 0.330 e. The Morgan fingerprint density at radius 1 is 0.968 bits per heavy atom. The maximum atomic E-state index is 13.3.